The largest absolute Gasteiger partial charge is 0.444 e. The van der Waals surface area contributed by atoms with Crippen molar-refractivity contribution >= 4 is 11.8 Å². The molecule has 116 valence electrons. The molecule has 2 fully saturated rings. The monoisotopic (exact) mass is 294 g/mol. The van der Waals surface area contributed by atoms with Crippen molar-refractivity contribution in [3.63, 3.8) is 0 Å². The summed E-state index contributed by atoms with van der Waals surface area (Å²) in [5.74, 6) is 0. The van der Waals surface area contributed by atoms with Crippen molar-refractivity contribution in [3.05, 3.63) is 12.4 Å². The Kier molecular flexibility index (Phi) is 3.12. The Morgan fingerprint density at radius 1 is 1.57 bits per heavy atom. The van der Waals surface area contributed by atoms with E-state index >= 15 is 0 Å². The number of aromatic nitrogens is 2. The summed E-state index contributed by atoms with van der Waals surface area (Å²) in [6.45, 7) is 7.22. The predicted molar refractivity (Wildman–Crippen MR) is 76.8 cm³/mol. The fraction of sp³-hybridized carbons (Fsp3) is 0.714. The Hall–Kier alpha value is -1.76. The number of amides is 1. The number of nitrogens with zero attached hydrogens (tertiary/aromatic N) is 3. The van der Waals surface area contributed by atoms with Gasteiger partial charge in [-0.15, -0.1) is 0 Å². The molecule has 2 heterocycles. The molecule has 1 aliphatic heterocycles. The lowest BCUT2D eigenvalue weighted by molar-refractivity contribution is -0.0617. The van der Waals surface area contributed by atoms with Crippen molar-refractivity contribution in [2.45, 2.75) is 44.4 Å². The van der Waals surface area contributed by atoms with E-state index in [0.717, 1.165) is 6.42 Å². The number of rotatable bonds is 1. The van der Waals surface area contributed by atoms with E-state index in [4.69, 9.17) is 15.2 Å². The Morgan fingerprint density at radius 2 is 2.33 bits per heavy atom. The van der Waals surface area contributed by atoms with Crippen LogP contribution in [0.3, 0.4) is 0 Å². The van der Waals surface area contributed by atoms with E-state index in [-0.39, 0.29) is 17.7 Å². The van der Waals surface area contributed by atoms with Gasteiger partial charge < -0.3 is 20.1 Å². The van der Waals surface area contributed by atoms with Crippen LogP contribution in [-0.4, -0.2) is 51.7 Å². The number of carbonyl (C=O) groups excluding carboxylic acids is 1. The summed E-state index contributed by atoms with van der Waals surface area (Å²) in [6.07, 6.45) is 3.99. The minimum Gasteiger partial charge on any atom is -0.444 e. The van der Waals surface area contributed by atoms with Gasteiger partial charge in [0.1, 0.15) is 11.2 Å². The van der Waals surface area contributed by atoms with E-state index in [2.05, 4.69) is 5.10 Å². The van der Waals surface area contributed by atoms with Crippen molar-refractivity contribution in [2.24, 2.45) is 0 Å². The first-order valence-corrected chi connectivity index (χ1v) is 7.21. The molecular weight excluding hydrogens is 272 g/mol. The van der Waals surface area contributed by atoms with Gasteiger partial charge in [0.2, 0.25) is 0 Å². The second kappa shape index (κ2) is 4.62. The predicted octanol–water partition coefficient (Wildman–Crippen LogP) is 1.42. The summed E-state index contributed by atoms with van der Waals surface area (Å²) in [6, 6.07) is 0.139. The first-order chi connectivity index (χ1) is 9.79. The van der Waals surface area contributed by atoms with Gasteiger partial charge in [-0.1, -0.05) is 0 Å². The van der Waals surface area contributed by atoms with Gasteiger partial charge >= 0.3 is 6.09 Å². The van der Waals surface area contributed by atoms with Crippen LogP contribution in [0.25, 0.3) is 0 Å². The number of ether oxygens (including phenoxy) is 2. The van der Waals surface area contributed by atoms with Gasteiger partial charge in [0, 0.05) is 19.2 Å². The molecule has 0 aromatic carbocycles. The van der Waals surface area contributed by atoms with E-state index in [1.54, 1.807) is 17.3 Å². The summed E-state index contributed by atoms with van der Waals surface area (Å²) in [5, 5.41) is 4.23. The highest BCUT2D eigenvalue weighted by Gasteiger charge is 2.60. The molecule has 0 bridgehead atoms. The molecule has 1 saturated carbocycles. The maximum atomic E-state index is 12.2. The van der Waals surface area contributed by atoms with E-state index < -0.39 is 5.60 Å². The normalized spacial score (nSPS) is 28.7. The zero-order chi connectivity index (χ0) is 15.3. The molecule has 1 aliphatic carbocycles. The SMILES string of the molecule is CC(C)(C)OC(=O)N1CCOC2(C[C@H]2n2cc(N)cn2)C1. The molecular formula is C14H22N4O3. The molecule has 21 heavy (non-hydrogen) atoms. The number of hydrogen-bond acceptors (Lipinski definition) is 5. The lowest BCUT2D eigenvalue weighted by Gasteiger charge is -2.35. The molecule has 1 unspecified atom stereocenters. The van der Waals surface area contributed by atoms with E-state index in [0.29, 0.717) is 25.4 Å². The van der Waals surface area contributed by atoms with Crippen LogP contribution in [0, 0.1) is 0 Å². The summed E-state index contributed by atoms with van der Waals surface area (Å²) in [7, 11) is 0. The third-order valence-corrected chi connectivity index (χ3v) is 3.79. The summed E-state index contributed by atoms with van der Waals surface area (Å²) >= 11 is 0. The molecule has 7 nitrogen and oxygen atoms in total. The molecule has 3 rings (SSSR count). The minimum atomic E-state index is -0.484. The Labute approximate surface area is 124 Å². The standard InChI is InChI=1S/C14H22N4O3/c1-13(2,3)21-12(19)17-4-5-20-14(9-17)6-11(14)18-8-10(15)7-16-18/h7-8,11H,4-6,9,15H2,1-3H3/t11-,14?/m1/s1. The maximum Gasteiger partial charge on any atom is 0.410 e. The molecule has 2 atom stereocenters. The van der Waals surface area contributed by atoms with Crippen LogP contribution in [0.1, 0.15) is 33.2 Å². The van der Waals surface area contributed by atoms with Gasteiger partial charge in [-0.2, -0.15) is 5.10 Å². The summed E-state index contributed by atoms with van der Waals surface area (Å²) < 4.78 is 13.2. The Balaban J connectivity index is 1.66. The topological polar surface area (TPSA) is 82.6 Å². The van der Waals surface area contributed by atoms with E-state index in [1.165, 1.54) is 0 Å². The van der Waals surface area contributed by atoms with E-state index in [1.807, 2.05) is 25.5 Å². The highest BCUT2D eigenvalue weighted by atomic mass is 16.6. The highest BCUT2D eigenvalue weighted by molar-refractivity contribution is 5.68. The zero-order valence-electron chi connectivity index (χ0n) is 12.7. The number of nitrogen functional groups attached to an aromatic ring is 1. The quantitative estimate of drug-likeness (QED) is 0.847. The first kappa shape index (κ1) is 14.2. The van der Waals surface area contributed by atoms with Crippen LogP contribution in [0.2, 0.25) is 0 Å². The zero-order valence-corrected chi connectivity index (χ0v) is 12.7. The Morgan fingerprint density at radius 3 is 2.95 bits per heavy atom. The Bertz CT molecular complexity index is 551. The van der Waals surface area contributed by atoms with Crippen LogP contribution in [0.5, 0.6) is 0 Å². The van der Waals surface area contributed by atoms with Crippen LogP contribution in [0.15, 0.2) is 12.4 Å². The summed E-state index contributed by atoms with van der Waals surface area (Å²) in [4.78, 5) is 13.9. The molecule has 1 aromatic heterocycles. The number of anilines is 1. The van der Waals surface area contributed by atoms with Crippen molar-refractivity contribution in [2.75, 3.05) is 25.4 Å². The highest BCUT2D eigenvalue weighted by Crippen LogP contribution is 2.52. The van der Waals surface area contributed by atoms with E-state index in [9.17, 15) is 4.79 Å². The fourth-order valence-electron chi connectivity index (χ4n) is 2.74. The first-order valence-electron chi connectivity index (χ1n) is 7.21. The maximum absolute atomic E-state index is 12.2. The van der Waals surface area contributed by atoms with Crippen LogP contribution in [0.4, 0.5) is 10.5 Å². The van der Waals surface area contributed by atoms with Gasteiger partial charge in [0.05, 0.1) is 31.1 Å². The molecule has 1 spiro atoms. The molecule has 0 radical (unpaired) electrons. The van der Waals surface area contributed by atoms with Crippen molar-refractivity contribution in [1.82, 2.24) is 14.7 Å². The van der Waals surface area contributed by atoms with Gasteiger partial charge in [-0.25, -0.2) is 4.79 Å². The second-order valence-corrected chi connectivity index (χ2v) is 6.79. The number of nitrogens with two attached hydrogens (primary N) is 1. The van der Waals surface area contributed by atoms with Gasteiger partial charge in [-0.3, -0.25) is 4.68 Å². The van der Waals surface area contributed by atoms with Gasteiger partial charge in [0.25, 0.3) is 0 Å². The van der Waals surface area contributed by atoms with Gasteiger partial charge in [-0.05, 0) is 20.8 Å². The number of morpholine rings is 1. The molecule has 2 aliphatic rings. The van der Waals surface area contributed by atoms with Crippen molar-refractivity contribution in [3.8, 4) is 0 Å². The summed E-state index contributed by atoms with van der Waals surface area (Å²) in [5.41, 5.74) is 5.51. The van der Waals surface area contributed by atoms with Crippen molar-refractivity contribution in [1.29, 1.82) is 0 Å². The smallest absolute Gasteiger partial charge is 0.410 e. The third-order valence-electron chi connectivity index (χ3n) is 3.79. The fourth-order valence-corrected chi connectivity index (χ4v) is 2.74. The molecule has 1 saturated heterocycles. The molecule has 2 N–H and O–H groups in total. The molecule has 1 aromatic rings. The average molecular weight is 294 g/mol. The lowest BCUT2D eigenvalue weighted by Crippen LogP contribution is -2.49. The number of carbonyl (C=O) groups is 1. The second-order valence-electron chi connectivity index (χ2n) is 6.79. The molecule has 7 heteroatoms. The molecule has 1 amide bonds. The average Bonchev–Trinajstić information content (AvgIpc) is 2.87. The van der Waals surface area contributed by atoms with Gasteiger partial charge in [0.15, 0.2) is 0 Å². The lowest BCUT2D eigenvalue weighted by atomic mass is 10.2. The van der Waals surface area contributed by atoms with Crippen LogP contribution in [-0.2, 0) is 9.47 Å². The third kappa shape index (κ3) is 2.83. The van der Waals surface area contributed by atoms with Crippen LogP contribution >= 0.6 is 0 Å². The van der Waals surface area contributed by atoms with Crippen LogP contribution < -0.4 is 5.73 Å². The van der Waals surface area contributed by atoms with Crippen molar-refractivity contribution < 1.29 is 14.3 Å². The number of hydrogen-bond donors (Lipinski definition) is 1. The minimum absolute atomic E-state index is 0.139.